The maximum Gasteiger partial charge on any atom is -0.0112 e. The second kappa shape index (κ2) is 5.68. The summed E-state index contributed by atoms with van der Waals surface area (Å²) in [7, 11) is 0. The molecule has 0 radical (unpaired) electrons. The molecule has 0 nitrogen and oxygen atoms in total. The van der Waals surface area contributed by atoms with Crippen molar-refractivity contribution in [3.63, 3.8) is 0 Å². The molecule has 0 fully saturated rings. The molecule has 0 amide bonds. The van der Waals surface area contributed by atoms with Gasteiger partial charge in [0.05, 0.1) is 0 Å². The van der Waals surface area contributed by atoms with Crippen molar-refractivity contribution in [2.75, 3.05) is 0 Å². The van der Waals surface area contributed by atoms with Crippen molar-refractivity contribution >= 4 is 18.2 Å². The van der Waals surface area contributed by atoms with Gasteiger partial charge in [-0.3, -0.25) is 0 Å². The van der Waals surface area contributed by atoms with Crippen molar-refractivity contribution in [1.82, 2.24) is 0 Å². The Morgan fingerprint density at radius 1 is 1.28 bits per heavy atom. The molecule has 1 aliphatic carbocycles. The fourth-order valence-electron chi connectivity index (χ4n) is 2.39. The lowest BCUT2D eigenvalue weighted by molar-refractivity contribution is 0.719. The number of benzene rings is 1. The summed E-state index contributed by atoms with van der Waals surface area (Å²) in [5.74, 6) is 0.586. The molecule has 0 saturated heterocycles. The zero-order valence-corrected chi connectivity index (χ0v) is 11.2. The van der Waals surface area contributed by atoms with Crippen molar-refractivity contribution in [1.29, 1.82) is 0 Å². The van der Waals surface area contributed by atoms with Gasteiger partial charge >= 0.3 is 0 Å². The first-order chi connectivity index (χ1) is 8.70. The van der Waals surface area contributed by atoms with Gasteiger partial charge in [-0.15, -0.1) is 0 Å². The number of allylic oxidation sites excluding steroid dienone is 4. The minimum atomic E-state index is 0.586. The third-order valence-electron chi connectivity index (χ3n) is 3.25. The maximum absolute atomic E-state index is 3.91. The van der Waals surface area contributed by atoms with Crippen LogP contribution in [0.4, 0.5) is 0 Å². The van der Waals surface area contributed by atoms with E-state index in [4.69, 9.17) is 0 Å². The van der Waals surface area contributed by atoms with E-state index in [1.165, 1.54) is 22.3 Å². The molecule has 2 rings (SSSR count). The van der Waals surface area contributed by atoms with E-state index in [1.807, 2.05) is 6.08 Å². The van der Waals surface area contributed by atoms with E-state index < -0.39 is 0 Å². The van der Waals surface area contributed by atoms with E-state index in [-0.39, 0.29) is 0 Å². The summed E-state index contributed by atoms with van der Waals surface area (Å²) in [5, 5.41) is 0. The molecule has 0 saturated carbocycles. The third kappa shape index (κ3) is 2.89. The lowest BCUT2D eigenvalue weighted by Gasteiger charge is -2.11. The Morgan fingerprint density at radius 3 is 2.89 bits per heavy atom. The Hall–Kier alpha value is -1.82. The van der Waals surface area contributed by atoms with E-state index in [1.54, 1.807) is 0 Å². The summed E-state index contributed by atoms with van der Waals surface area (Å²) >= 11 is 0. The van der Waals surface area contributed by atoms with Gasteiger partial charge in [0.25, 0.3) is 0 Å². The first-order valence-corrected chi connectivity index (χ1v) is 6.48. The van der Waals surface area contributed by atoms with E-state index >= 15 is 0 Å². The van der Waals surface area contributed by atoms with Crippen LogP contribution in [0.15, 0.2) is 48.6 Å². The van der Waals surface area contributed by atoms with Crippen LogP contribution in [0.25, 0.3) is 18.2 Å². The summed E-state index contributed by atoms with van der Waals surface area (Å²) in [6, 6.07) is 6.36. The van der Waals surface area contributed by atoms with Crippen molar-refractivity contribution in [2.45, 2.75) is 20.3 Å². The summed E-state index contributed by atoms with van der Waals surface area (Å²) in [5.41, 5.74) is 5.15. The van der Waals surface area contributed by atoms with Gasteiger partial charge in [-0.25, -0.2) is 0 Å². The summed E-state index contributed by atoms with van der Waals surface area (Å²) in [4.78, 5) is 0. The fourth-order valence-corrected chi connectivity index (χ4v) is 2.39. The Kier molecular flexibility index (Phi) is 3.99. The molecule has 0 aromatic heterocycles. The molecule has 0 heteroatoms. The summed E-state index contributed by atoms with van der Waals surface area (Å²) in [6.07, 6.45) is 14.0. The van der Waals surface area contributed by atoms with E-state index in [0.29, 0.717) is 5.92 Å². The van der Waals surface area contributed by atoms with Gasteiger partial charge < -0.3 is 0 Å². The van der Waals surface area contributed by atoms with Crippen molar-refractivity contribution in [3.05, 3.63) is 65.3 Å². The highest BCUT2D eigenvalue weighted by atomic mass is 14.1. The standard InChI is InChI=1S/C18H20/c1-4-16-10-7-11-17-9-6-5-8-14(2)12-15(3)13-18(16)17/h4-11,13-14H,1,12H2,2-3H3/b8-5+,9-6?,15-13+/t14-/m0/s1. The zero-order valence-electron chi connectivity index (χ0n) is 11.2. The van der Waals surface area contributed by atoms with Crippen LogP contribution >= 0.6 is 0 Å². The number of hydrogen-bond acceptors (Lipinski definition) is 0. The number of hydrogen-bond donors (Lipinski definition) is 0. The van der Waals surface area contributed by atoms with Crippen LogP contribution in [0.2, 0.25) is 0 Å². The predicted molar refractivity (Wildman–Crippen MR) is 82.1 cm³/mol. The monoisotopic (exact) mass is 236 g/mol. The average molecular weight is 236 g/mol. The Labute approximate surface area is 110 Å². The highest BCUT2D eigenvalue weighted by Crippen LogP contribution is 2.24. The molecule has 0 aliphatic heterocycles. The molecule has 1 aromatic rings. The van der Waals surface area contributed by atoms with Crippen LogP contribution in [0, 0.1) is 5.92 Å². The van der Waals surface area contributed by atoms with Gasteiger partial charge in [-0.1, -0.05) is 73.7 Å². The zero-order chi connectivity index (χ0) is 13.0. The third-order valence-corrected chi connectivity index (χ3v) is 3.25. The molecule has 92 valence electrons. The quantitative estimate of drug-likeness (QED) is 0.617. The highest BCUT2D eigenvalue weighted by molar-refractivity contribution is 5.74. The second-order valence-corrected chi connectivity index (χ2v) is 4.97. The van der Waals surface area contributed by atoms with Gasteiger partial charge in [-0.2, -0.15) is 0 Å². The van der Waals surface area contributed by atoms with Crippen LogP contribution in [0.1, 0.15) is 37.0 Å². The fraction of sp³-hybridized carbons (Fsp3) is 0.222. The largest absolute Gasteiger partial charge is 0.0984 e. The molecule has 1 atom stereocenters. The number of fused-ring (bicyclic) bond motifs is 1. The van der Waals surface area contributed by atoms with Crippen molar-refractivity contribution in [2.24, 2.45) is 5.92 Å². The highest BCUT2D eigenvalue weighted by Gasteiger charge is 2.05. The second-order valence-electron chi connectivity index (χ2n) is 4.97. The van der Waals surface area contributed by atoms with E-state index in [2.05, 4.69) is 69.0 Å². The van der Waals surface area contributed by atoms with E-state index in [0.717, 1.165) is 6.42 Å². The molecule has 0 unspecified atom stereocenters. The first kappa shape index (κ1) is 12.6. The predicted octanol–water partition coefficient (Wildman–Crippen LogP) is 5.34. The Morgan fingerprint density at radius 2 is 2.11 bits per heavy atom. The SMILES string of the molecule is C=Cc1cccc2c1/C=C(\C)C[C@@H](C)/C=C/C=C2. The van der Waals surface area contributed by atoms with Crippen LogP contribution < -0.4 is 0 Å². The molecule has 0 N–H and O–H groups in total. The molecular weight excluding hydrogens is 216 g/mol. The summed E-state index contributed by atoms with van der Waals surface area (Å²) < 4.78 is 0. The maximum atomic E-state index is 3.91. The molecular formula is C18H20. The molecule has 0 heterocycles. The Bertz CT molecular complexity index is 527. The van der Waals surface area contributed by atoms with Gasteiger partial charge in [0.1, 0.15) is 0 Å². The van der Waals surface area contributed by atoms with Gasteiger partial charge in [0.2, 0.25) is 0 Å². The molecule has 0 spiro atoms. The van der Waals surface area contributed by atoms with Crippen molar-refractivity contribution in [3.8, 4) is 0 Å². The van der Waals surface area contributed by atoms with Gasteiger partial charge in [0, 0.05) is 0 Å². The van der Waals surface area contributed by atoms with Crippen LogP contribution in [-0.4, -0.2) is 0 Å². The lowest BCUT2D eigenvalue weighted by atomic mass is 9.94. The lowest BCUT2D eigenvalue weighted by Crippen LogP contribution is -1.93. The average Bonchev–Trinajstić information content (AvgIpc) is 2.35. The van der Waals surface area contributed by atoms with Gasteiger partial charge in [-0.05, 0) is 36.0 Å². The van der Waals surface area contributed by atoms with Crippen LogP contribution in [-0.2, 0) is 0 Å². The molecule has 1 aliphatic rings. The Balaban J connectivity index is 2.58. The topological polar surface area (TPSA) is 0 Å². The minimum absolute atomic E-state index is 0.586. The molecule has 1 aromatic carbocycles. The first-order valence-electron chi connectivity index (χ1n) is 6.48. The van der Waals surface area contributed by atoms with Gasteiger partial charge in [0.15, 0.2) is 0 Å². The summed E-state index contributed by atoms with van der Waals surface area (Å²) in [6.45, 7) is 8.37. The smallest absolute Gasteiger partial charge is 0.0112 e. The number of rotatable bonds is 1. The van der Waals surface area contributed by atoms with E-state index in [9.17, 15) is 0 Å². The normalized spacial score (nSPS) is 23.7. The molecule has 0 bridgehead atoms. The van der Waals surface area contributed by atoms with Crippen LogP contribution in [0.5, 0.6) is 0 Å². The molecule has 18 heavy (non-hydrogen) atoms. The van der Waals surface area contributed by atoms with Crippen molar-refractivity contribution < 1.29 is 0 Å². The minimum Gasteiger partial charge on any atom is -0.0984 e. The van der Waals surface area contributed by atoms with Crippen LogP contribution in [0.3, 0.4) is 0 Å².